The smallest absolute Gasteiger partial charge is 0.462 e. The van der Waals surface area contributed by atoms with Crippen LogP contribution in [0, 0.1) is 0 Å². The van der Waals surface area contributed by atoms with Crippen molar-refractivity contribution in [3.63, 3.8) is 0 Å². The van der Waals surface area contributed by atoms with E-state index in [2.05, 4.69) is 67.0 Å². The molecule has 0 aromatic carbocycles. The van der Waals surface area contributed by atoms with Crippen LogP contribution >= 0.6 is 7.82 Å². The lowest BCUT2D eigenvalue weighted by molar-refractivity contribution is -0.161. The third kappa shape index (κ3) is 39.9. The third-order valence-electron chi connectivity index (χ3n) is 8.96. The first-order valence-electron chi connectivity index (χ1n) is 21.6. The van der Waals surface area contributed by atoms with Crippen LogP contribution in [0.2, 0.25) is 0 Å². The van der Waals surface area contributed by atoms with Crippen LogP contribution in [0.15, 0.2) is 48.6 Å². The average molecular weight is 799 g/mol. The van der Waals surface area contributed by atoms with Gasteiger partial charge in [0.15, 0.2) is 6.10 Å². The highest BCUT2D eigenvalue weighted by Crippen LogP contribution is 2.43. The molecule has 0 aliphatic heterocycles. The predicted octanol–water partition coefficient (Wildman–Crippen LogP) is 11.3. The molecule has 55 heavy (non-hydrogen) atoms. The third-order valence-corrected chi connectivity index (χ3v) is 9.91. The van der Waals surface area contributed by atoms with Gasteiger partial charge in [-0.15, -0.1) is 0 Å². The Labute approximate surface area is 334 Å². The maximum atomic E-state index is 12.6. The van der Waals surface area contributed by atoms with Crippen LogP contribution in [-0.4, -0.2) is 65.7 Å². The lowest BCUT2D eigenvalue weighted by atomic mass is 10.1. The fraction of sp³-hybridized carbons (Fsp3) is 0.773. The zero-order valence-electron chi connectivity index (χ0n) is 34.6. The number of carbonyl (C=O) groups excluding carboxylic acids is 2. The number of hydrogen-bond donors (Lipinski definition) is 3. The van der Waals surface area contributed by atoms with Crippen LogP contribution in [0.3, 0.4) is 0 Å². The number of phosphoric acid groups is 1. The summed E-state index contributed by atoms with van der Waals surface area (Å²) in [5.74, 6) is -0.975. The predicted molar refractivity (Wildman–Crippen MR) is 224 cm³/mol. The zero-order valence-corrected chi connectivity index (χ0v) is 35.5. The molecule has 0 rings (SSSR count). The van der Waals surface area contributed by atoms with E-state index in [0.717, 1.165) is 57.8 Å². The van der Waals surface area contributed by atoms with Crippen LogP contribution in [-0.2, 0) is 32.7 Å². The fourth-order valence-corrected chi connectivity index (χ4v) is 6.37. The highest BCUT2D eigenvalue weighted by molar-refractivity contribution is 7.47. The maximum Gasteiger partial charge on any atom is 0.472 e. The number of unbranched alkanes of at least 4 members (excludes halogenated alkanes) is 18. The van der Waals surface area contributed by atoms with Crippen molar-refractivity contribution >= 4 is 19.8 Å². The lowest BCUT2D eigenvalue weighted by Gasteiger charge is -2.20. The van der Waals surface area contributed by atoms with E-state index in [-0.39, 0.29) is 19.4 Å². The van der Waals surface area contributed by atoms with E-state index in [9.17, 15) is 24.2 Å². The van der Waals surface area contributed by atoms with Crippen LogP contribution < -0.4 is 0 Å². The lowest BCUT2D eigenvalue weighted by Crippen LogP contribution is -2.29. The first kappa shape index (κ1) is 52.9. The molecule has 0 aliphatic rings. The number of aliphatic hydroxyl groups excluding tert-OH is 2. The van der Waals surface area contributed by atoms with Crippen molar-refractivity contribution in [3.8, 4) is 0 Å². The van der Waals surface area contributed by atoms with E-state index in [4.69, 9.17) is 19.1 Å². The van der Waals surface area contributed by atoms with Gasteiger partial charge >= 0.3 is 19.8 Å². The highest BCUT2D eigenvalue weighted by atomic mass is 31.2. The Morgan fingerprint density at radius 3 is 1.51 bits per heavy atom. The van der Waals surface area contributed by atoms with Crippen molar-refractivity contribution in [2.75, 3.05) is 26.4 Å². The van der Waals surface area contributed by atoms with Gasteiger partial charge in [0.2, 0.25) is 0 Å². The number of carbonyl (C=O) groups is 2. The largest absolute Gasteiger partial charge is 0.472 e. The van der Waals surface area contributed by atoms with Gasteiger partial charge in [-0.05, 0) is 77.0 Å². The molecule has 0 fully saturated rings. The molecule has 0 aliphatic carbocycles. The minimum absolute atomic E-state index is 0.170. The van der Waals surface area contributed by atoms with Gasteiger partial charge in [0.25, 0.3) is 0 Å². The summed E-state index contributed by atoms with van der Waals surface area (Å²) in [6, 6.07) is 0. The van der Waals surface area contributed by atoms with Gasteiger partial charge in [-0.1, -0.05) is 140 Å². The van der Waals surface area contributed by atoms with Gasteiger partial charge in [-0.2, -0.15) is 0 Å². The molecule has 11 heteroatoms. The van der Waals surface area contributed by atoms with Crippen molar-refractivity contribution in [2.45, 2.75) is 193 Å². The number of allylic oxidation sites excluding steroid dienone is 8. The molecule has 0 bridgehead atoms. The molecule has 10 nitrogen and oxygen atoms in total. The molecular formula is C44H79O10P. The summed E-state index contributed by atoms with van der Waals surface area (Å²) in [6.07, 6.45) is 42.2. The van der Waals surface area contributed by atoms with Gasteiger partial charge in [-0.3, -0.25) is 18.6 Å². The first-order valence-corrected chi connectivity index (χ1v) is 23.1. The van der Waals surface area contributed by atoms with Gasteiger partial charge in [0, 0.05) is 12.8 Å². The van der Waals surface area contributed by atoms with Crippen LogP contribution in [0.5, 0.6) is 0 Å². The van der Waals surface area contributed by atoms with Gasteiger partial charge < -0.3 is 24.6 Å². The molecule has 0 saturated heterocycles. The van der Waals surface area contributed by atoms with Crippen LogP contribution in [0.4, 0.5) is 0 Å². The average Bonchev–Trinajstić information content (AvgIpc) is 3.17. The molecule has 0 aromatic rings. The van der Waals surface area contributed by atoms with Gasteiger partial charge in [0.1, 0.15) is 12.7 Å². The topological polar surface area (TPSA) is 149 Å². The number of rotatable bonds is 40. The minimum atomic E-state index is -4.63. The van der Waals surface area contributed by atoms with E-state index in [0.29, 0.717) is 12.8 Å². The SMILES string of the molecule is CCCCC/C=C\C/C=C\C/C=C\CCCCC(=O)OC[C@H](COP(=O)(O)OC[C@@H](O)CO)OC(=O)CCCCCCCCC/C=C\CCCCCCCC. The fourth-order valence-electron chi connectivity index (χ4n) is 5.58. The summed E-state index contributed by atoms with van der Waals surface area (Å²) >= 11 is 0. The van der Waals surface area contributed by atoms with Crippen molar-refractivity contribution in [3.05, 3.63) is 48.6 Å². The van der Waals surface area contributed by atoms with Crippen LogP contribution in [0.25, 0.3) is 0 Å². The number of aliphatic hydroxyl groups is 2. The summed E-state index contributed by atoms with van der Waals surface area (Å²) in [5, 5.41) is 18.3. The maximum absolute atomic E-state index is 12.6. The monoisotopic (exact) mass is 799 g/mol. The molecule has 0 saturated carbocycles. The second kappa shape index (κ2) is 40.1. The van der Waals surface area contributed by atoms with Crippen molar-refractivity contribution < 1.29 is 47.8 Å². The number of esters is 2. The number of hydrogen-bond acceptors (Lipinski definition) is 9. The summed E-state index contributed by atoms with van der Waals surface area (Å²) in [5.41, 5.74) is 0. The molecule has 0 amide bonds. The summed E-state index contributed by atoms with van der Waals surface area (Å²) in [7, 11) is -4.63. The van der Waals surface area contributed by atoms with E-state index in [1.54, 1.807) is 0 Å². The molecule has 0 heterocycles. The minimum Gasteiger partial charge on any atom is -0.462 e. The molecule has 3 atom stereocenters. The quantitative estimate of drug-likeness (QED) is 0.0237. The van der Waals surface area contributed by atoms with Crippen molar-refractivity contribution in [2.24, 2.45) is 0 Å². The van der Waals surface area contributed by atoms with Crippen LogP contribution in [0.1, 0.15) is 181 Å². The second-order valence-corrected chi connectivity index (χ2v) is 15.8. The molecule has 0 radical (unpaired) electrons. The van der Waals surface area contributed by atoms with E-state index >= 15 is 0 Å². The Kier molecular flexibility index (Phi) is 38.6. The Morgan fingerprint density at radius 1 is 0.545 bits per heavy atom. The van der Waals surface area contributed by atoms with Crippen molar-refractivity contribution in [1.29, 1.82) is 0 Å². The highest BCUT2D eigenvalue weighted by Gasteiger charge is 2.27. The van der Waals surface area contributed by atoms with E-state index < -0.39 is 51.8 Å². The Morgan fingerprint density at radius 2 is 0.945 bits per heavy atom. The zero-order chi connectivity index (χ0) is 40.5. The Balaban J connectivity index is 4.37. The second-order valence-electron chi connectivity index (χ2n) is 14.4. The van der Waals surface area contributed by atoms with Gasteiger partial charge in [0.05, 0.1) is 19.8 Å². The van der Waals surface area contributed by atoms with E-state index in [1.807, 2.05) is 0 Å². The summed E-state index contributed by atoms with van der Waals surface area (Å²) in [6.45, 7) is 2.30. The Bertz CT molecular complexity index is 1060. The number of phosphoric ester groups is 1. The molecule has 0 spiro atoms. The summed E-state index contributed by atoms with van der Waals surface area (Å²) < 4.78 is 32.7. The Hall–Kier alpha value is -2.07. The molecule has 3 N–H and O–H groups in total. The van der Waals surface area contributed by atoms with Crippen molar-refractivity contribution in [1.82, 2.24) is 0 Å². The summed E-state index contributed by atoms with van der Waals surface area (Å²) in [4.78, 5) is 35.0. The molecule has 1 unspecified atom stereocenters. The van der Waals surface area contributed by atoms with Gasteiger partial charge in [-0.25, -0.2) is 4.57 Å². The normalized spacial score (nSPS) is 14.3. The molecule has 320 valence electrons. The molecule has 0 aromatic heterocycles. The standard InChI is InChI=1S/C44H79O10P/c1-3-5-7-9-11-13-15-17-19-20-22-24-26-28-30-32-34-36-44(48)54-42(40-53-55(49,50)52-38-41(46)37-45)39-51-43(47)35-33-31-29-27-25-23-21-18-16-14-12-10-8-6-4-2/h12,14,17-19,21,25,27,41-42,45-46H,3-11,13,15-16,20,22-24,26,28-40H2,1-2H3,(H,49,50)/b14-12-,19-17-,21-18-,27-25-/t41-,42+/m0/s1. The van der Waals surface area contributed by atoms with E-state index in [1.165, 1.54) is 83.5 Å². The molecular weight excluding hydrogens is 719 g/mol. The number of ether oxygens (including phenoxy) is 2. The first-order chi connectivity index (χ1) is 26.7.